The summed E-state index contributed by atoms with van der Waals surface area (Å²) in [6, 6.07) is 20.7. The molecule has 3 aromatic carbocycles. The minimum Gasteiger partial charge on any atom is -0.489 e. The van der Waals surface area contributed by atoms with Crippen molar-refractivity contribution in [2.75, 3.05) is 7.11 Å². The number of carbonyl (C=O) groups is 3. The van der Waals surface area contributed by atoms with Crippen molar-refractivity contribution < 1.29 is 28.2 Å². The largest absolute Gasteiger partial charge is 0.489 e. The van der Waals surface area contributed by atoms with Crippen molar-refractivity contribution in [3.63, 3.8) is 0 Å². The molecule has 0 radical (unpaired) electrons. The maximum Gasteiger partial charge on any atom is 0.328 e. The highest BCUT2D eigenvalue weighted by atomic mass is 19.1. The van der Waals surface area contributed by atoms with Gasteiger partial charge in [-0.1, -0.05) is 54.6 Å². The SMILES string of the molecule is COC(=O)[C@@H](Cc1cccc(OCc2ccccc2)c1)NC(=O)[C@H](Cc1ccc(F)cc1)NC(C)=O. The number of methoxy groups -OCH3 is 1. The van der Waals surface area contributed by atoms with E-state index in [-0.39, 0.29) is 12.8 Å². The summed E-state index contributed by atoms with van der Waals surface area (Å²) in [7, 11) is 1.24. The lowest BCUT2D eigenvalue weighted by Crippen LogP contribution is -2.53. The molecule has 0 fully saturated rings. The molecule has 0 saturated carbocycles. The molecule has 188 valence electrons. The molecule has 3 rings (SSSR count). The van der Waals surface area contributed by atoms with Gasteiger partial charge in [-0.15, -0.1) is 0 Å². The fourth-order valence-electron chi connectivity index (χ4n) is 3.66. The van der Waals surface area contributed by atoms with E-state index in [2.05, 4.69) is 10.6 Å². The highest BCUT2D eigenvalue weighted by molar-refractivity contribution is 5.90. The number of hydrogen-bond acceptors (Lipinski definition) is 5. The maximum absolute atomic E-state index is 13.3. The average molecular weight is 493 g/mol. The molecule has 2 atom stereocenters. The van der Waals surface area contributed by atoms with Crippen LogP contribution in [0.1, 0.15) is 23.6 Å². The highest BCUT2D eigenvalue weighted by Gasteiger charge is 2.27. The van der Waals surface area contributed by atoms with E-state index in [1.54, 1.807) is 12.1 Å². The number of rotatable bonds is 11. The molecule has 8 heteroatoms. The molecule has 0 aliphatic rings. The van der Waals surface area contributed by atoms with Gasteiger partial charge >= 0.3 is 5.97 Å². The predicted molar refractivity (Wildman–Crippen MR) is 133 cm³/mol. The Morgan fingerprint density at radius 1 is 0.806 bits per heavy atom. The van der Waals surface area contributed by atoms with E-state index >= 15 is 0 Å². The van der Waals surface area contributed by atoms with Crippen molar-refractivity contribution in [1.29, 1.82) is 0 Å². The standard InChI is InChI=1S/C28H29FN2O5/c1-19(32)30-25(16-20-11-13-23(29)14-12-20)27(33)31-26(28(34)35-2)17-22-9-6-10-24(15-22)36-18-21-7-4-3-5-8-21/h3-15,25-26H,16-18H2,1-2H3,(H,30,32)(H,31,33)/t25-,26+/m0/s1. The number of ether oxygens (including phenoxy) is 2. The van der Waals surface area contributed by atoms with Crippen LogP contribution in [-0.2, 0) is 38.6 Å². The summed E-state index contributed by atoms with van der Waals surface area (Å²) in [6.45, 7) is 1.69. The van der Waals surface area contributed by atoms with E-state index in [0.717, 1.165) is 11.1 Å². The summed E-state index contributed by atoms with van der Waals surface area (Å²) < 4.78 is 24.0. The van der Waals surface area contributed by atoms with Crippen molar-refractivity contribution in [2.45, 2.75) is 38.5 Å². The van der Waals surface area contributed by atoms with Gasteiger partial charge in [0.25, 0.3) is 0 Å². The Kier molecular flexibility index (Phi) is 9.56. The molecule has 36 heavy (non-hydrogen) atoms. The summed E-state index contributed by atoms with van der Waals surface area (Å²) in [6.07, 6.45) is 0.284. The van der Waals surface area contributed by atoms with Crippen LogP contribution in [0.5, 0.6) is 5.75 Å². The number of amides is 2. The van der Waals surface area contributed by atoms with E-state index in [0.29, 0.717) is 17.9 Å². The number of halogens is 1. The number of benzene rings is 3. The maximum atomic E-state index is 13.3. The lowest BCUT2D eigenvalue weighted by molar-refractivity contribution is -0.145. The number of hydrogen-bond donors (Lipinski definition) is 2. The van der Waals surface area contributed by atoms with Gasteiger partial charge in [0, 0.05) is 19.8 Å². The third-order valence-corrected chi connectivity index (χ3v) is 5.44. The van der Waals surface area contributed by atoms with Gasteiger partial charge in [0.2, 0.25) is 11.8 Å². The topological polar surface area (TPSA) is 93.7 Å². The Balaban J connectivity index is 1.70. The van der Waals surface area contributed by atoms with Gasteiger partial charge in [0.1, 0.15) is 30.3 Å². The minimum atomic E-state index is -0.989. The van der Waals surface area contributed by atoms with Gasteiger partial charge in [-0.25, -0.2) is 9.18 Å². The van der Waals surface area contributed by atoms with Gasteiger partial charge in [-0.05, 0) is 41.0 Å². The summed E-state index contributed by atoms with van der Waals surface area (Å²) in [5.74, 6) is -1.36. The lowest BCUT2D eigenvalue weighted by atomic mass is 10.0. The molecule has 7 nitrogen and oxygen atoms in total. The van der Waals surface area contributed by atoms with Crippen molar-refractivity contribution >= 4 is 17.8 Å². The molecule has 0 unspecified atom stereocenters. The minimum absolute atomic E-state index is 0.127. The Bertz CT molecular complexity index is 1170. The molecule has 0 bridgehead atoms. The van der Waals surface area contributed by atoms with Crippen molar-refractivity contribution in [1.82, 2.24) is 10.6 Å². The van der Waals surface area contributed by atoms with Gasteiger partial charge in [0.05, 0.1) is 7.11 Å². The van der Waals surface area contributed by atoms with Crippen LogP contribution in [0.15, 0.2) is 78.9 Å². The lowest BCUT2D eigenvalue weighted by Gasteiger charge is -2.22. The highest BCUT2D eigenvalue weighted by Crippen LogP contribution is 2.17. The quantitative estimate of drug-likeness (QED) is 0.401. The molecular formula is C28H29FN2O5. The van der Waals surface area contributed by atoms with Crippen LogP contribution in [0.25, 0.3) is 0 Å². The fourth-order valence-corrected chi connectivity index (χ4v) is 3.66. The van der Waals surface area contributed by atoms with Crippen LogP contribution >= 0.6 is 0 Å². The smallest absolute Gasteiger partial charge is 0.328 e. The molecule has 0 saturated heterocycles. The Hall–Kier alpha value is -4.20. The van der Waals surface area contributed by atoms with E-state index in [9.17, 15) is 18.8 Å². The first kappa shape index (κ1) is 26.4. The van der Waals surface area contributed by atoms with Crippen LogP contribution in [0.4, 0.5) is 4.39 Å². The Morgan fingerprint density at radius 2 is 1.47 bits per heavy atom. The van der Waals surface area contributed by atoms with E-state index in [4.69, 9.17) is 9.47 Å². The third-order valence-electron chi connectivity index (χ3n) is 5.44. The van der Waals surface area contributed by atoms with E-state index in [1.165, 1.54) is 38.3 Å². The second-order valence-electron chi connectivity index (χ2n) is 8.29. The first-order valence-corrected chi connectivity index (χ1v) is 11.5. The Labute approximate surface area is 209 Å². The van der Waals surface area contributed by atoms with Crippen LogP contribution in [-0.4, -0.2) is 37.0 Å². The van der Waals surface area contributed by atoms with Gasteiger partial charge in [0.15, 0.2) is 0 Å². The zero-order valence-corrected chi connectivity index (χ0v) is 20.2. The van der Waals surface area contributed by atoms with E-state index in [1.807, 2.05) is 42.5 Å². The molecule has 0 spiro atoms. The predicted octanol–water partition coefficient (Wildman–Crippen LogP) is 3.35. The normalized spacial score (nSPS) is 12.2. The molecule has 2 N–H and O–H groups in total. The van der Waals surface area contributed by atoms with Crippen LogP contribution in [0, 0.1) is 5.82 Å². The zero-order chi connectivity index (χ0) is 25.9. The second-order valence-corrected chi connectivity index (χ2v) is 8.29. The molecule has 0 aromatic heterocycles. The molecule has 3 aromatic rings. The first-order valence-electron chi connectivity index (χ1n) is 11.5. The monoisotopic (exact) mass is 492 g/mol. The van der Waals surface area contributed by atoms with Gasteiger partial charge in [-0.3, -0.25) is 9.59 Å². The van der Waals surface area contributed by atoms with Crippen LogP contribution < -0.4 is 15.4 Å². The average Bonchev–Trinajstić information content (AvgIpc) is 2.88. The first-order chi connectivity index (χ1) is 17.3. The fraction of sp³-hybridized carbons (Fsp3) is 0.250. The second kappa shape index (κ2) is 13.0. The third kappa shape index (κ3) is 8.23. The number of carbonyl (C=O) groups excluding carboxylic acids is 3. The molecule has 0 aliphatic carbocycles. The van der Waals surface area contributed by atoms with Crippen LogP contribution in [0.2, 0.25) is 0 Å². The summed E-state index contributed by atoms with van der Waals surface area (Å²) in [5, 5.41) is 5.28. The zero-order valence-electron chi connectivity index (χ0n) is 20.2. The Morgan fingerprint density at radius 3 is 2.14 bits per heavy atom. The van der Waals surface area contributed by atoms with Crippen molar-refractivity contribution in [3.8, 4) is 5.75 Å². The van der Waals surface area contributed by atoms with Crippen molar-refractivity contribution in [3.05, 3.63) is 101 Å². The summed E-state index contributed by atoms with van der Waals surface area (Å²) in [4.78, 5) is 37.3. The molecule has 0 aliphatic heterocycles. The molecule has 2 amide bonds. The number of esters is 1. The van der Waals surface area contributed by atoms with Gasteiger partial charge in [-0.2, -0.15) is 0 Å². The molecular weight excluding hydrogens is 463 g/mol. The van der Waals surface area contributed by atoms with Crippen LogP contribution in [0.3, 0.4) is 0 Å². The van der Waals surface area contributed by atoms with Gasteiger partial charge < -0.3 is 20.1 Å². The van der Waals surface area contributed by atoms with Crippen molar-refractivity contribution in [2.24, 2.45) is 0 Å². The summed E-state index contributed by atoms with van der Waals surface area (Å²) >= 11 is 0. The summed E-state index contributed by atoms with van der Waals surface area (Å²) in [5.41, 5.74) is 2.43. The number of nitrogens with one attached hydrogen (secondary N) is 2. The van der Waals surface area contributed by atoms with E-state index < -0.39 is 35.7 Å². The molecule has 0 heterocycles.